The summed E-state index contributed by atoms with van der Waals surface area (Å²) in [5.74, 6) is -1.14. The van der Waals surface area contributed by atoms with Crippen LogP contribution in [0.4, 0.5) is 19.0 Å². The van der Waals surface area contributed by atoms with Gasteiger partial charge in [0.15, 0.2) is 11.3 Å². The van der Waals surface area contributed by atoms with Gasteiger partial charge in [-0.2, -0.15) is 27.9 Å². The molecule has 3 aromatic rings. The largest absolute Gasteiger partial charge is 0.476 e. The lowest BCUT2D eigenvalue weighted by atomic mass is 10.2. The standard InChI is InChI=1S/C12H9F3N6O2/c13-12(14,15)6-1-9(21-10(2-6)17-5-18-21)16-4-7-3-8(11(22)23)20-19-7/h1-3,5,16H,4H2,(H,19,20)(H,22,23). The molecule has 120 valence electrons. The Hall–Kier alpha value is -3.11. The van der Waals surface area contributed by atoms with Crippen LogP contribution >= 0.6 is 0 Å². The predicted molar refractivity (Wildman–Crippen MR) is 70.9 cm³/mol. The number of aromatic nitrogens is 5. The van der Waals surface area contributed by atoms with Gasteiger partial charge in [0.25, 0.3) is 0 Å². The van der Waals surface area contributed by atoms with Crippen molar-refractivity contribution in [2.45, 2.75) is 12.7 Å². The summed E-state index contributed by atoms with van der Waals surface area (Å²) in [6, 6.07) is 3.06. The molecule has 0 atom stereocenters. The van der Waals surface area contributed by atoms with Crippen molar-refractivity contribution in [3.63, 3.8) is 0 Å². The first-order chi connectivity index (χ1) is 10.8. The van der Waals surface area contributed by atoms with Gasteiger partial charge >= 0.3 is 12.1 Å². The summed E-state index contributed by atoms with van der Waals surface area (Å²) in [7, 11) is 0. The molecule has 3 N–H and O–H groups in total. The van der Waals surface area contributed by atoms with E-state index in [1.54, 1.807) is 0 Å². The first-order valence-corrected chi connectivity index (χ1v) is 6.27. The Morgan fingerprint density at radius 3 is 2.78 bits per heavy atom. The molecular weight excluding hydrogens is 317 g/mol. The number of anilines is 1. The van der Waals surface area contributed by atoms with Crippen LogP contribution in [0.15, 0.2) is 24.5 Å². The summed E-state index contributed by atoms with van der Waals surface area (Å²) in [6.07, 6.45) is -3.38. The second-order valence-electron chi connectivity index (χ2n) is 4.59. The van der Waals surface area contributed by atoms with Crippen LogP contribution in [0.25, 0.3) is 5.65 Å². The minimum atomic E-state index is -4.52. The molecule has 0 fully saturated rings. The number of hydrogen-bond acceptors (Lipinski definition) is 5. The van der Waals surface area contributed by atoms with Gasteiger partial charge in [0.1, 0.15) is 12.1 Å². The van der Waals surface area contributed by atoms with Crippen LogP contribution in [0.1, 0.15) is 21.7 Å². The van der Waals surface area contributed by atoms with E-state index in [0.29, 0.717) is 5.69 Å². The maximum atomic E-state index is 12.9. The van der Waals surface area contributed by atoms with Crippen molar-refractivity contribution >= 4 is 17.4 Å². The van der Waals surface area contributed by atoms with E-state index in [9.17, 15) is 18.0 Å². The van der Waals surface area contributed by atoms with Crippen molar-refractivity contribution in [3.05, 3.63) is 41.5 Å². The molecule has 23 heavy (non-hydrogen) atoms. The Bertz CT molecular complexity index is 869. The number of nitrogens with zero attached hydrogens (tertiary/aromatic N) is 4. The van der Waals surface area contributed by atoms with E-state index >= 15 is 0 Å². The number of aromatic amines is 1. The zero-order valence-corrected chi connectivity index (χ0v) is 11.3. The van der Waals surface area contributed by atoms with Gasteiger partial charge in [-0.25, -0.2) is 9.78 Å². The van der Waals surface area contributed by atoms with E-state index in [-0.39, 0.29) is 23.7 Å². The predicted octanol–water partition coefficient (Wildman–Crippen LogP) is 1.78. The number of rotatable bonds is 4. The summed E-state index contributed by atoms with van der Waals surface area (Å²) in [5, 5.41) is 21.4. The Morgan fingerprint density at radius 2 is 2.13 bits per heavy atom. The minimum absolute atomic E-state index is 0.0382. The molecule has 0 radical (unpaired) electrons. The van der Waals surface area contributed by atoms with Crippen molar-refractivity contribution in [3.8, 4) is 0 Å². The number of carbonyl (C=O) groups is 1. The van der Waals surface area contributed by atoms with Crippen molar-refractivity contribution in [2.24, 2.45) is 0 Å². The van der Waals surface area contributed by atoms with Crippen LogP contribution in [0, 0.1) is 0 Å². The van der Waals surface area contributed by atoms with E-state index in [1.165, 1.54) is 10.6 Å². The molecule has 0 aliphatic carbocycles. The highest BCUT2D eigenvalue weighted by Gasteiger charge is 2.32. The van der Waals surface area contributed by atoms with Gasteiger partial charge in [-0.1, -0.05) is 0 Å². The number of aromatic carboxylic acids is 1. The van der Waals surface area contributed by atoms with Gasteiger partial charge in [-0.3, -0.25) is 5.10 Å². The highest BCUT2D eigenvalue weighted by Crippen LogP contribution is 2.31. The van der Waals surface area contributed by atoms with E-state index in [2.05, 4.69) is 25.6 Å². The molecule has 0 unspecified atom stereocenters. The summed E-state index contributed by atoms with van der Waals surface area (Å²) < 4.78 is 39.9. The monoisotopic (exact) mass is 326 g/mol. The van der Waals surface area contributed by atoms with Crippen molar-refractivity contribution < 1.29 is 23.1 Å². The number of carboxylic acids is 1. The zero-order chi connectivity index (χ0) is 16.6. The van der Waals surface area contributed by atoms with Crippen LogP contribution in [0.5, 0.6) is 0 Å². The summed E-state index contributed by atoms with van der Waals surface area (Å²) >= 11 is 0. The quantitative estimate of drug-likeness (QED) is 0.674. The lowest BCUT2D eigenvalue weighted by Gasteiger charge is -2.11. The van der Waals surface area contributed by atoms with Gasteiger partial charge in [0, 0.05) is 0 Å². The summed E-state index contributed by atoms with van der Waals surface area (Å²) in [5.41, 5.74) is -0.612. The molecule has 3 aromatic heterocycles. The van der Waals surface area contributed by atoms with Gasteiger partial charge in [0.2, 0.25) is 0 Å². The molecular formula is C12H9F3N6O2. The van der Waals surface area contributed by atoms with Gasteiger partial charge in [-0.15, -0.1) is 0 Å². The average molecular weight is 326 g/mol. The lowest BCUT2D eigenvalue weighted by molar-refractivity contribution is -0.137. The van der Waals surface area contributed by atoms with Gasteiger partial charge in [-0.05, 0) is 18.2 Å². The molecule has 0 aromatic carbocycles. The number of fused-ring (bicyclic) bond motifs is 1. The van der Waals surface area contributed by atoms with E-state index in [1.807, 2.05) is 0 Å². The average Bonchev–Trinajstić information content (AvgIpc) is 3.12. The van der Waals surface area contributed by atoms with Crippen LogP contribution in [-0.4, -0.2) is 35.9 Å². The third-order valence-corrected chi connectivity index (χ3v) is 3.02. The van der Waals surface area contributed by atoms with Crippen molar-refractivity contribution in [1.82, 2.24) is 24.8 Å². The fraction of sp³-hybridized carbons (Fsp3) is 0.167. The molecule has 11 heteroatoms. The first kappa shape index (κ1) is 14.8. The molecule has 0 amide bonds. The third kappa shape index (κ3) is 2.93. The van der Waals surface area contributed by atoms with E-state index < -0.39 is 17.7 Å². The normalized spacial score (nSPS) is 11.8. The van der Waals surface area contributed by atoms with Crippen LogP contribution < -0.4 is 5.32 Å². The van der Waals surface area contributed by atoms with E-state index in [0.717, 1.165) is 18.5 Å². The van der Waals surface area contributed by atoms with E-state index in [4.69, 9.17) is 5.11 Å². The van der Waals surface area contributed by atoms with Gasteiger partial charge < -0.3 is 10.4 Å². The molecule has 0 saturated carbocycles. The topological polar surface area (TPSA) is 108 Å². The highest BCUT2D eigenvalue weighted by molar-refractivity contribution is 5.85. The number of H-pyrrole nitrogens is 1. The minimum Gasteiger partial charge on any atom is -0.476 e. The fourth-order valence-corrected chi connectivity index (χ4v) is 1.96. The number of hydrogen-bond donors (Lipinski definition) is 3. The Kier molecular flexibility index (Phi) is 3.39. The third-order valence-electron chi connectivity index (χ3n) is 3.02. The van der Waals surface area contributed by atoms with Crippen molar-refractivity contribution in [1.29, 1.82) is 0 Å². The molecule has 0 aliphatic heterocycles. The molecule has 0 spiro atoms. The number of halogens is 3. The Balaban J connectivity index is 1.89. The van der Waals surface area contributed by atoms with Crippen LogP contribution in [0.3, 0.4) is 0 Å². The number of pyridine rings is 1. The number of carboxylic acid groups (broad SMARTS) is 1. The van der Waals surface area contributed by atoms with Crippen LogP contribution in [0.2, 0.25) is 0 Å². The second-order valence-corrected chi connectivity index (χ2v) is 4.59. The number of alkyl halides is 3. The smallest absolute Gasteiger partial charge is 0.416 e. The van der Waals surface area contributed by atoms with Crippen LogP contribution in [-0.2, 0) is 12.7 Å². The molecule has 8 nitrogen and oxygen atoms in total. The Labute approximate surface area is 126 Å². The van der Waals surface area contributed by atoms with Gasteiger partial charge in [0.05, 0.1) is 17.8 Å². The summed E-state index contributed by atoms with van der Waals surface area (Å²) in [4.78, 5) is 14.5. The maximum Gasteiger partial charge on any atom is 0.416 e. The molecule has 0 bridgehead atoms. The maximum absolute atomic E-state index is 12.9. The molecule has 3 heterocycles. The highest BCUT2D eigenvalue weighted by atomic mass is 19.4. The lowest BCUT2D eigenvalue weighted by Crippen LogP contribution is -2.10. The second kappa shape index (κ2) is 5.26. The molecule has 3 rings (SSSR count). The summed E-state index contributed by atoms with van der Waals surface area (Å²) in [6.45, 7) is 0.0382. The fourth-order valence-electron chi connectivity index (χ4n) is 1.96. The number of nitrogens with one attached hydrogen (secondary N) is 2. The molecule has 0 aliphatic rings. The Morgan fingerprint density at radius 1 is 1.35 bits per heavy atom. The molecule has 0 saturated heterocycles. The van der Waals surface area contributed by atoms with Crippen molar-refractivity contribution in [2.75, 3.05) is 5.32 Å². The first-order valence-electron chi connectivity index (χ1n) is 6.27. The zero-order valence-electron chi connectivity index (χ0n) is 11.3. The SMILES string of the molecule is O=C(O)c1cc(CNc2cc(C(F)(F)F)cc3ncnn23)[nH]n1.